The van der Waals surface area contributed by atoms with Gasteiger partial charge in [-0.25, -0.2) is 8.42 Å². The minimum absolute atomic E-state index is 0.0258. The van der Waals surface area contributed by atoms with Gasteiger partial charge in [0.15, 0.2) is 0 Å². The first-order valence-electron chi connectivity index (χ1n) is 6.57. The normalized spacial score (nSPS) is 12.0. The molecular formula is C15H12F3NO3S2. The second-order valence-electron chi connectivity index (χ2n) is 4.70. The first-order chi connectivity index (χ1) is 11.1. The van der Waals surface area contributed by atoms with E-state index in [4.69, 9.17) is 0 Å². The molecule has 1 N–H and O–H groups in total. The highest BCUT2D eigenvalue weighted by Gasteiger charge is 2.47. The van der Waals surface area contributed by atoms with Gasteiger partial charge in [0.1, 0.15) is 0 Å². The number of hydrogen-bond donors (Lipinski definition) is 1. The van der Waals surface area contributed by atoms with Gasteiger partial charge in [-0.1, -0.05) is 23.9 Å². The predicted octanol–water partition coefficient (Wildman–Crippen LogP) is 4.09. The molecule has 0 saturated carbocycles. The molecule has 0 saturated heterocycles. The lowest BCUT2D eigenvalue weighted by Crippen LogP contribution is -2.23. The number of benzene rings is 2. The van der Waals surface area contributed by atoms with Crippen molar-refractivity contribution in [1.82, 2.24) is 0 Å². The van der Waals surface area contributed by atoms with E-state index in [-0.39, 0.29) is 10.8 Å². The highest BCUT2D eigenvalue weighted by atomic mass is 32.2. The van der Waals surface area contributed by atoms with Crippen molar-refractivity contribution in [2.45, 2.75) is 27.1 Å². The van der Waals surface area contributed by atoms with Crippen LogP contribution in [0.2, 0.25) is 0 Å². The maximum Gasteiger partial charge on any atom is 0.501 e. The van der Waals surface area contributed by atoms with Crippen LogP contribution in [-0.2, 0) is 14.6 Å². The monoisotopic (exact) mass is 375 g/mol. The van der Waals surface area contributed by atoms with E-state index in [1.54, 1.807) is 24.3 Å². The minimum Gasteiger partial charge on any atom is -0.326 e. The van der Waals surface area contributed by atoms with Crippen molar-refractivity contribution in [2.24, 2.45) is 0 Å². The average Bonchev–Trinajstić information content (AvgIpc) is 2.48. The average molecular weight is 375 g/mol. The van der Waals surface area contributed by atoms with E-state index in [2.05, 4.69) is 5.32 Å². The first kappa shape index (κ1) is 18.3. The Morgan fingerprint density at radius 2 is 1.62 bits per heavy atom. The smallest absolute Gasteiger partial charge is 0.326 e. The predicted molar refractivity (Wildman–Crippen MR) is 84.6 cm³/mol. The number of alkyl halides is 3. The molecule has 2 aromatic rings. The lowest BCUT2D eigenvalue weighted by atomic mass is 10.3. The van der Waals surface area contributed by atoms with E-state index in [1.165, 1.54) is 25.1 Å². The minimum atomic E-state index is -5.43. The summed E-state index contributed by atoms with van der Waals surface area (Å²) in [6.45, 7) is 1.35. The van der Waals surface area contributed by atoms with Crippen LogP contribution in [0, 0.1) is 0 Å². The number of rotatable bonds is 4. The van der Waals surface area contributed by atoms with E-state index in [9.17, 15) is 26.4 Å². The zero-order valence-corrected chi connectivity index (χ0v) is 13.9. The molecule has 2 aromatic carbocycles. The number of halogens is 3. The quantitative estimate of drug-likeness (QED) is 0.874. The Hall–Kier alpha value is -2.00. The van der Waals surface area contributed by atoms with Crippen LogP contribution in [0.25, 0.3) is 0 Å². The highest BCUT2D eigenvalue weighted by Crippen LogP contribution is 2.38. The van der Waals surface area contributed by atoms with Gasteiger partial charge in [-0.2, -0.15) is 13.2 Å². The number of amides is 1. The van der Waals surface area contributed by atoms with Crippen molar-refractivity contribution in [3.05, 3.63) is 48.5 Å². The summed E-state index contributed by atoms with van der Waals surface area (Å²) in [5, 5.41) is 2.56. The third-order valence-corrected chi connectivity index (χ3v) is 5.60. The summed E-state index contributed by atoms with van der Waals surface area (Å²) in [6, 6.07) is 11.2. The Labute approximate surface area is 141 Å². The SMILES string of the molecule is CC(=O)Nc1ccc(Sc2ccccc2S(=O)(=O)C(F)(F)F)cc1. The Morgan fingerprint density at radius 1 is 1.04 bits per heavy atom. The number of carbonyl (C=O) groups excluding carboxylic acids is 1. The fraction of sp³-hybridized carbons (Fsp3) is 0.133. The van der Waals surface area contributed by atoms with E-state index in [1.807, 2.05) is 0 Å². The fourth-order valence-electron chi connectivity index (χ4n) is 1.82. The number of sulfone groups is 1. The van der Waals surface area contributed by atoms with Gasteiger partial charge >= 0.3 is 5.51 Å². The van der Waals surface area contributed by atoms with E-state index in [0.29, 0.717) is 10.6 Å². The van der Waals surface area contributed by atoms with Gasteiger partial charge in [-0.3, -0.25) is 4.79 Å². The van der Waals surface area contributed by atoms with Gasteiger partial charge in [0.25, 0.3) is 9.84 Å². The summed E-state index contributed by atoms with van der Waals surface area (Å²) in [6.07, 6.45) is 0. The first-order valence-corrected chi connectivity index (χ1v) is 8.87. The zero-order valence-electron chi connectivity index (χ0n) is 12.3. The molecule has 0 radical (unpaired) electrons. The van der Waals surface area contributed by atoms with Crippen LogP contribution < -0.4 is 5.32 Å². The van der Waals surface area contributed by atoms with E-state index >= 15 is 0 Å². The lowest BCUT2D eigenvalue weighted by Gasteiger charge is -2.12. The summed E-state index contributed by atoms with van der Waals surface area (Å²) in [5.41, 5.74) is -4.83. The van der Waals surface area contributed by atoms with Gasteiger partial charge in [-0.15, -0.1) is 0 Å². The third-order valence-electron chi connectivity index (χ3n) is 2.85. The largest absolute Gasteiger partial charge is 0.501 e. The lowest BCUT2D eigenvalue weighted by molar-refractivity contribution is -0.114. The molecule has 0 fully saturated rings. The Kier molecular flexibility index (Phi) is 5.24. The van der Waals surface area contributed by atoms with Crippen LogP contribution in [0.5, 0.6) is 0 Å². The van der Waals surface area contributed by atoms with Gasteiger partial charge < -0.3 is 5.32 Å². The molecule has 0 aliphatic rings. The molecule has 1 amide bonds. The van der Waals surface area contributed by atoms with E-state index in [0.717, 1.165) is 17.8 Å². The Bertz CT molecular complexity index is 847. The van der Waals surface area contributed by atoms with Gasteiger partial charge in [0.2, 0.25) is 5.91 Å². The Balaban J connectivity index is 2.33. The van der Waals surface area contributed by atoms with Gasteiger partial charge in [-0.05, 0) is 36.4 Å². The maximum atomic E-state index is 12.8. The Morgan fingerprint density at radius 3 is 2.17 bits per heavy atom. The molecule has 24 heavy (non-hydrogen) atoms. The number of carbonyl (C=O) groups is 1. The fourth-order valence-corrected chi connectivity index (χ4v) is 3.95. The van der Waals surface area contributed by atoms with Crippen molar-refractivity contribution in [3.8, 4) is 0 Å². The second-order valence-corrected chi connectivity index (χ2v) is 7.73. The summed E-state index contributed by atoms with van der Waals surface area (Å²) in [7, 11) is -5.43. The summed E-state index contributed by atoms with van der Waals surface area (Å²) >= 11 is 0.893. The molecule has 2 rings (SSSR count). The standard InChI is InChI=1S/C15H12F3NO3S2/c1-10(20)19-11-6-8-12(9-7-11)23-13-4-2-3-5-14(13)24(21,22)15(16,17)18/h2-9H,1H3,(H,19,20). The molecule has 9 heteroatoms. The highest BCUT2D eigenvalue weighted by molar-refractivity contribution is 8.00. The van der Waals surface area contributed by atoms with Gasteiger partial charge in [0.05, 0.1) is 4.90 Å². The van der Waals surface area contributed by atoms with Crippen LogP contribution in [0.1, 0.15) is 6.92 Å². The molecule has 0 unspecified atom stereocenters. The molecule has 0 aliphatic carbocycles. The van der Waals surface area contributed by atoms with Crippen LogP contribution in [-0.4, -0.2) is 19.8 Å². The van der Waals surface area contributed by atoms with E-state index < -0.39 is 20.2 Å². The topological polar surface area (TPSA) is 63.2 Å². The third kappa shape index (κ3) is 4.09. The number of hydrogen-bond acceptors (Lipinski definition) is 4. The zero-order chi connectivity index (χ0) is 18.0. The molecule has 0 aromatic heterocycles. The van der Waals surface area contributed by atoms with Crippen molar-refractivity contribution < 1.29 is 26.4 Å². The van der Waals surface area contributed by atoms with Crippen molar-refractivity contribution >= 4 is 33.2 Å². The summed E-state index contributed by atoms with van der Waals surface area (Å²) < 4.78 is 61.6. The summed E-state index contributed by atoms with van der Waals surface area (Å²) in [4.78, 5) is 10.7. The molecule has 0 aliphatic heterocycles. The van der Waals surface area contributed by atoms with Crippen LogP contribution in [0.15, 0.2) is 63.2 Å². The van der Waals surface area contributed by atoms with Crippen LogP contribution >= 0.6 is 11.8 Å². The number of anilines is 1. The molecule has 0 bridgehead atoms. The second kappa shape index (κ2) is 6.86. The van der Waals surface area contributed by atoms with Crippen molar-refractivity contribution in [3.63, 3.8) is 0 Å². The molecule has 0 heterocycles. The van der Waals surface area contributed by atoms with Crippen LogP contribution in [0.4, 0.5) is 18.9 Å². The maximum absolute atomic E-state index is 12.8. The van der Waals surface area contributed by atoms with Crippen LogP contribution in [0.3, 0.4) is 0 Å². The molecule has 128 valence electrons. The molecule has 4 nitrogen and oxygen atoms in total. The summed E-state index contributed by atoms with van der Waals surface area (Å²) in [5.74, 6) is -0.253. The van der Waals surface area contributed by atoms with Gasteiger partial charge in [0, 0.05) is 22.4 Å². The number of nitrogens with one attached hydrogen (secondary N) is 1. The van der Waals surface area contributed by atoms with Crippen molar-refractivity contribution in [1.29, 1.82) is 0 Å². The molecule has 0 spiro atoms. The molecule has 0 atom stereocenters. The molecular weight excluding hydrogens is 363 g/mol. The van der Waals surface area contributed by atoms with Crippen molar-refractivity contribution in [2.75, 3.05) is 5.32 Å².